The molecule has 1 aromatic rings. The molecule has 1 saturated carbocycles. The average Bonchev–Trinajstić information content (AvgIpc) is 3.12. The summed E-state index contributed by atoms with van der Waals surface area (Å²) in [4.78, 5) is 8.64. The number of rotatable bonds is 8. The van der Waals surface area contributed by atoms with Crippen LogP contribution in [0.1, 0.15) is 31.9 Å². The molecule has 2 rings (SSSR count). The Morgan fingerprint density at radius 3 is 2.89 bits per heavy atom. The lowest BCUT2D eigenvalue weighted by molar-refractivity contribution is 0.326. The minimum absolute atomic E-state index is 0.626. The molecule has 18 heavy (non-hydrogen) atoms. The molecule has 0 aromatic carbocycles. The molecule has 5 nitrogen and oxygen atoms in total. The third kappa shape index (κ3) is 4.49. The Kier molecular flexibility index (Phi) is 4.75. The maximum atomic E-state index is 5.39. The molecule has 0 unspecified atom stereocenters. The number of hydrogen-bond donors (Lipinski definition) is 2. The van der Waals surface area contributed by atoms with Crippen LogP contribution in [0.15, 0.2) is 6.07 Å². The van der Waals surface area contributed by atoms with Gasteiger partial charge in [-0.15, -0.1) is 0 Å². The molecule has 5 heteroatoms. The van der Waals surface area contributed by atoms with Gasteiger partial charge in [-0.25, -0.2) is 4.98 Å². The van der Waals surface area contributed by atoms with E-state index in [0.717, 1.165) is 31.2 Å². The molecule has 0 aliphatic heterocycles. The van der Waals surface area contributed by atoms with Crippen molar-refractivity contribution >= 4 is 5.95 Å². The standard InChI is InChI=1S/C13H22N4O/c1-3-18-12-9-10(2)16-13(17-12)15-8-4-7-14-11-5-6-11/h9,11,14H,3-8H2,1-2H3,(H,15,16,17). The molecule has 0 radical (unpaired) electrons. The molecular weight excluding hydrogens is 228 g/mol. The maximum absolute atomic E-state index is 5.39. The van der Waals surface area contributed by atoms with Gasteiger partial charge in [-0.05, 0) is 39.7 Å². The molecule has 100 valence electrons. The van der Waals surface area contributed by atoms with E-state index in [4.69, 9.17) is 4.74 Å². The quantitative estimate of drug-likeness (QED) is 0.688. The van der Waals surface area contributed by atoms with Crippen molar-refractivity contribution < 1.29 is 4.74 Å². The molecule has 1 aromatic heterocycles. The SMILES string of the molecule is CCOc1cc(C)nc(NCCCNC2CC2)n1. The Morgan fingerprint density at radius 2 is 2.17 bits per heavy atom. The largest absolute Gasteiger partial charge is 0.478 e. The van der Waals surface area contributed by atoms with E-state index in [1.807, 2.05) is 19.9 Å². The zero-order valence-corrected chi connectivity index (χ0v) is 11.2. The van der Waals surface area contributed by atoms with Gasteiger partial charge < -0.3 is 15.4 Å². The van der Waals surface area contributed by atoms with Crippen LogP contribution in [0.25, 0.3) is 0 Å². The fraction of sp³-hybridized carbons (Fsp3) is 0.692. The summed E-state index contributed by atoms with van der Waals surface area (Å²) in [6.07, 6.45) is 3.76. The smallest absolute Gasteiger partial charge is 0.226 e. The highest BCUT2D eigenvalue weighted by Crippen LogP contribution is 2.18. The minimum atomic E-state index is 0.626. The van der Waals surface area contributed by atoms with E-state index in [2.05, 4.69) is 20.6 Å². The first kappa shape index (κ1) is 13.1. The number of aromatic nitrogens is 2. The van der Waals surface area contributed by atoms with Crippen LogP contribution in [-0.2, 0) is 0 Å². The Balaban J connectivity index is 1.72. The maximum Gasteiger partial charge on any atom is 0.226 e. The summed E-state index contributed by atoms with van der Waals surface area (Å²) in [5, 5.41) is 6.72. The lowest BCUT2D eigenvalue weighted by Crippen LogP contribution is -2.20. The average molecular weight is 250 g/mol. The van der Waals surface area contributed by atoms with Crippen molar-refractivity contribution in [3.8, 4) is 5.88 Å². The summed E-state index contributed by atoms with van der Waals surface area (Å²) in [6.45, 7) is 6.47. The van der Waals surface area contributed by atoms with Crippen LogP contribution in [0.2, 0.25) is 0 Å². The highest BCUT2D eigenvalue weighted by Gasteiger charge is 2.19. The van der Waals surface area contributed by atoms with Crippen LogP contribution < -0.4 is 15.4 Å². The normalized spacial score (nSPS) is 14.6. The molecular formula is C13H22N4O. The van der Waals surface area contributed by atoms with Crippen LogP contribution in [0.5, 0.6) is 5.88 Å². The van der Waals surface area contributed by atoms with Gasteiger partial charge in [-0.2, -0.15) is 4.98 Å². The topological polar surface area (TPSA) is 59.1 Å². The Labute approximate surface area is 108 Å². The number of aryl methyl sites for hydroxylation is 1. The fourth-order valence-electron chi connectivity index (χ4n) is 1.72. The van der Waals surface area contributed by atoms with E-state index in [1.165, 1.54) is 12.8 Å². The predicted molar refractivity (Wildman–Crippen MR) is 72.1 cm³/mol. The van der Waals surface area contributed by atoms with Crippen LogP contribution in [0.4, 0.5) is 5.95 Å². The zero-order chi connectivity index (χ0) is 12.8. The number of ether oxygens (including phenoxy) is 1. The van der Waals surface area contributed by atoms with Crippen LogP contribution in [0.3, 0.4) is 0 Å². The molecule has 0 spiro atoms. The minimum Gasteiger partial charge on any atom is -0.478 e. The van der Waals surface area contributed by atoms with Gasteiger partial charge in [0, 0.05) is 24.3 Å². The van der Waals surface area contributed by atoms with E-state index in [-0.39, 0.29) is 0 Å². The van der Waals surface area contributed by atoms with Crippen molar-refractivity contribution in [1.29, 1.82) is 0 Å². The molecule has 0 atom stereocenters. The Morgan fingerprint density at radius 1 is 1.33 bits per heavy atom. The van der Waals surface area contributed by atoms with Crippen LogP contribution in [0, 0.1) is 6.92 Å². The number of nitrogens with zero attached hydrogens (tertiary/aromatic N) is 2. The van der Waals surface area contributed by atoms with E-state index in [0.29, 0.717) is 18.4 Å². The third-order valence-corrected chi connectivity index (χ3v) is 2.77. The fourth-order valence-corrected chi connectivity index (χ4v) is 1.72. The first-order valence-corrected chi connectivity index (χ1v) is 6.73. The highest BCUT2D eigenvalue weighted by molar-refractivity contribution is 5.30. The highest BCUT2D eigenvalue weighted by atomic mass is 16.5. The zero-order valence-electron chi connectivity index (χ0n) is 11.2. The summed E-state index contributed by atoms with van der Waals surface area (Å²) < 4.78 is 5.39. The lowest BCUT2D eigenvalue weighted by atomic mass is 10.4. The number of anilines is 1. The molecule has 2 N–H and O–H groups in total. The van der Waals surface area contributed by atoms with Gasteiger partial charge in [0.05, 0.1) is 6.61 Å². The van der Waals surface area contributed by atoms with Crippen LogP contribution >= 0.6 is 0 Å². The van der Waals surface area contributed by atoms with Crippen LogP contribution in [-0.4, -0.2) is 35.7 Å². The van der Waals surface area contributed by atoms with Gasteiger partial charge in [0.15, 0.2) is 0 Å². The molecule has 1 aliphatic rings. The molecule has 0 saturated heterocycles. The lowest BCUT2D eigenvalue weighted by Gasteiger charge is -2.08. The van der Waals surface area contributed by atoms with Gasteiger partial charge in [0.25, 0.3) is 0 Å². The monoisotopic (exact) mass is 250 g/mol. The Bertz CT molecular complexity index is 379. The number of nitrogens with one attached hydrogen (secondary N) is 2. The summed E-state index contributed by atoms with van der Waals surface area (Å²) in [5.74, 6) is 1.30. The summed E-state index contributed by atoms with van der Waals surface area (Å²) in [7, 11) is 0. The second-order valence-electron chi connectivity index (χ2n) is 4.61. The van der Waals surface area contributed by atoms with Crippen molar-refractivity contribution in [2.24, 2.45) is 0 Å². The van der Waals surface area contributed by atoms with E-state index < -0.39 is 0 Å². The Hall–Kier alpha value is -1.36. The second-order valence-corrected chi connectivity index (χ2v) is 4.61. The first-order chi connectivity index (χ1) is 8.78. The van der Waals surface area contributed by atoms with Gasteiger partial charge >= 0.3 is 0 Å². The summed E-state index contributed by atoms with van der Waals surface area (Å²) in [6, 6.07) is 2.63. The van der Waals surface area contributed by atoms with Crippen molar-refractivity contribution in [2.45, 2.75) is 39.2 Å². The molecule has 1 heterocycles. The van der Waals surface area contributed by atoms with Crippen molar-refractivity contribution in [3.05, 3.63) is 11.8 Å². The van der Waals surface area contributed by atoms with Gasteiger partial charge in [0.1, 0.15) is 0 Å². The van der Waals surface area contributed by atoms with Gasteiger partial charge in [0.2, 0.25) is 11.8 Å². The molecule has 0 bridgehead atoms. The second kappa shape index (κ2) is 6.54. The van der Waals surface area contributed by atoms with E-state index in [9.17, 15) is 0 Å². The van der Waals surface area contributed by atoms with E-state index in [1.54, 1.807) is 0 Å². The van der Waals surface area contributed by atoms with Gasteiger partial charge in [-0.3, -0.25) is 0 Å². The summed E-state index contributed by atoms with van der Waals surface area (Å²) in [5.41, 5.74) is 0.923. The van der Waals surface area contributed by atoms with Gasteiger partial charge in [-0.1, -0.05) is 0 Å². The first-order valence-electron chi connectivity index (χ1n) is 6.73. The molecule has 1 aliphatic carbocycles. The van der Waals surface area contributed by atoms with Crippen molar-refractivity contribution in [3.63, 3.8) is 0 Å². The number of hydrogen-bond acceptors (Lipinski definition) is 5. The van der Waals surface area contributed by atoms with E-state index >= 15 is 0 Å². The predicted octanol–water partition coefficient (Wildman–Crippen LogP) is 1.74. The molecule has 1 fully saturated rings. The summed E-state index contributed by atoms with van der Waals surface area (Å²) >= 11 is 0. The molecule has 0 amide bonds. The van der Waals surface area contributed by atoms with Crippen molar-refractivity contribution in [2.75, 3.05) is 25.0 Å². The third-order valence-electron chi connectivity index (χ3n) is 2.77. The van der Waals surface area contributed by atoms with Crippen molar-refractivity contribution in [1.82, 2.24) is 15.3 Å².